The van der Waals surface area contributed by atoms with Gasteiger partial charge in [-0.15, -0.1) is 0 Å². The minimum absolute atomic E-state index is 0.0430. The number of pyridine rings is 1. The zero-order valence-corrected chi connectivity index (χ0v) is 17.1. The number of rotatable bonds is 6. The van der Waals surface area contributed by atoms with Crippen molar-refractivity contribution in [1.29, 1.82) is 0 Å². The Hall–Kier alpha value is -1.47. The van der Waals surface area contributed by atoms with Crippen molar-refractivity contribution in [3.8, 4) is 0 Å². The number of aromatic nitrogens is 1. The van der Waals surface area contributed by atoms with Gasteiger partial charge in [-0.25, -0.2) is 4.98 Å². The van der Waals surface area contributed by atoms with Gasteiger partial charge in [0.1, 0.15) is 12.0 Å². The van der Waals surface area contributed by atoms with Crippen LogP contribution in [0, 0.1) is 16.0 Å². The lowest BCUT2D eigenvalue weighted by Gasteiger charge is -2.37. The molecule has 0 saturated carbocycles. The van der Waals surface area contributed by atoms with Crippen LogP contribution in [0.1, 0.15) is 40.0 Å². The lowest BCUT2D eigenvalue weighted by Crippen LogP contribution is -2.41. The number of hydrogen-bond acceptors (Lipinski definition) is 5. The fraction of sp³-hybridized carbons (Fsp3) is 0.722. The third-order valence-corrected chi connectivity index (χ3v) is 10.2. The molecule has 1 aliphatic heterocycles. The molecule has 0 N–H and O–H groups in total. The van der Waals surface area contributed by atoms with Gasteiger partial charge in [0, 0.05) is 25.8 Å². The standard InChI is InChI=1S/C18H31N3O3Si/c1-18(2,3)25(4,5)24-13-10-15-8-11-20(12-9-15)17-7-6-16(14-19-17)21(22)23/h6-7,14-15H,8-13H2,1-5H3. The summed E-state index contributed by atoms with van der Waals surface area (Å²) in [5.74, 6) is 1.53. The lowest BCUT2D eigenvalue weighted by atomic mass is 9.94. The van der Waals surface area contributed by atoms with Crippen LogP contribution in [0.4, 0.5) is 11.5 Å². The van der Waals surface area contributed by atoms with Crippen LogP contribution in [0.25, 0.3) is 0 Å². The van der Waals surface area contributed by atoms with Gasteiger partial charge in [0.15, 0.2) is 8.32 Å². The SMILES string of the molecule is CC(C)(C)[Si](C)(C)OCCC1CCN(c2ccc([N+](=O)[O-])cn2)CC1. The van der Waals surface area contributed by atoms with Crippen LogP contribution in [0.3, 0.4) is 0 Å². The van der Waals surface area contributed by atoms with Crippen molar-refractivity contribution in [1.82, 2.24) is 4.98 Å². The maximum absolute atomic E-state index is 10.7. The number of nitrogens with zero attached hydrogens (tertiary/aromatic N) is 3. The van der Waals surface area contributed by atoms with Gasteiger partial charge in [0.05, 0.1) is 4.92 Å². The molecule has 0 aromatic carbocycles. The van der Waals surface area contributed by atoms with Crippen molar-refractivity contribution in [2.45, 2.75) is 58.2 Å². The predicted octanol–water partition coefficient (Wildman–Crippen LogP) is 4.62. The van der Waals surface area contributed by atoms with Crippen LogP contribution in [-0.4, -0.2) is 37.9 Å². The number of anilines is 1. The molecular weight excluding hydrogens is 334 g/mol. The number of hydrogen-bond donors (Lipinski definition) is 0. The fourth-order valence-electron chi connectivity index (χ4n) is 2.82. The highest BCUT2D eigenvalue weighted by atomic mass is 28.4. The van der Waals surface area contributed by atoms with E-state index in [9.17, 15) is 10.1 Å². The van der Waals surface area contributed by atoms with Crippen LogP contribution in [0.2, 0.25) is 18.1 Å². The molecule has 0 unspecified atom stereocenters. The molecule has 1 aromatic rings. The minimum Gasteiger partial charge on any atom is -0.417 e. The van der Waals surface area contributed by atoms with Crippen LogP contribution in [0.15, 0.2) is 18.3 Å². The third-order valence-electron chi connectivity index (χ3n) is 5.68. The van der Waals surface area contributed by atoms with E-state index in [-0.39, 0.29) is 10.7 Å². The monoisotopic (exact) mass is 365 g/mol. The topological polar surface area (TPSA) is 68.5 Å². The van der Waals surface area contributed by atoms with Gasteiger partial charge in [-0.3, -0.25) is 10.1 Å². The minimum atomic E-state index is -1.65. The smallest absolute Gasteiger partial charge is 0.287 e. The lowest BCUT2D eigenvalue weighted by molar-refractivity contribution is -0.385. The quantitative estimate of drug-likeness (QED) is 0.418. The molecule has 0 spiro atoms. The Labute approximate surface area is 151 Å². The molecule has 2 rings (SSSR count). The molecular formula is C18H31N3O3Si. The Morgan fingerprint density at radius 1 is 1.32 bits per heavy atom. The summed E-state index contributed by atoms with van der Waals surface area (Å²) in [7, 11) is -1.65. The van der Waals surface area contributed by atoms with E-state index in [0.717, 1.165) is 44.8 Å². The first kappa shape index (κ1) is 19.8. The van der Waals surface area contributed by atoms with Crippen LogP contribution in [0.5, 0.6) is 0 Å². The van der Waals surface area contributed by atoms with Crippen LogP contribution < -0.4 is 4.90 Å². The van der Waals surface area contributed by atoms with Gasteiger partial charge in [-0.05, 0) is 49.4 Å². The van der Waals surface area contributed by atoms with Crippen molar-refractivity contribution in [3.63, 3.8) is 0 Å². The second kappa shape index (κ2) is 7.82. The van der Waals surface area contributed by atoms with Crippen molar-refractivity contribution >= 4 is 19.8 Å². The molecule has 0 aliphatic carbocycles. The highest BCUT2D eigenvalue weighted by molar-refractivity contribution is 6.74. The first-order chi connectivity index (χ1) is 11.6. The van der Waals surface area contributed by atoms with Gasteiger partial charge < -0.3 is 9.33 Å². The van der Waals surface area contributed by atoms with Crippen molar-refractivity contribution in [2.75, 3.05) is 24.6 Å². The average molecular weight is 366 g/mol. The molecule has 0 amide bonds. The predicted molar refractivity (Wildman–Crippen MR) is 104 cm³/mol. The summed E-state index contributed by atoms with van der Waals surface area (Å²) in [4.78, 5) is 16.7. The van der Waals surface area contributed by atoms with Crippen LogP contribution >= 0.6 is 0 Å². The first-order valence-corrected chi connectivity index (χ1v) is 12.0. The molecule has 1 aromatic heterocycles. The average Bonchev–Trinajstić information content (AvgIpc) is 2.54. The molecule has 1 aliphatic rings. The van der Waals surface area contributed by atoms with E-state index in [1.807, 2.05) is 0 Å². The van der Waals surface area contributed by atoms with Gasteiger partial charge in [-0.1, -0.05) is 20.8 Å². The Bertz CT molecular complexity index is 576. The number of piperidine rings is 1. The summed E-state index contributed by atoms with van der Waals surface area (Å²) in [6.07, 6.45) is 4.71. The highest BCUT2D eigenvalue weighted by Gasteiger charge is 2.37. The van der Waals surface area contributed by atoms with Crippen molar-refractivity contribution in [2.24, 2.45) is 5.92 Å². The normalized spacial score (nSPS) is 16.9. The Morgan fingerprint density at radius 2 is 1.96 bits per heavy atom. The van der Waals surface area contributed by atoms with Gasteiger partial charge in [0.2, 0.25) is 0 Å². The van der Waals surface area contributed by atoms with E-state index in [1.54, 1.807) is 6.07 Å². The maximum atomic E-state index is 10.7. The number of nitro groups is 1. The molecule has 7 heteroatoms. The maximum Gasteiger partial charge on any atom is 0.287 e. The van der Waals surface area contributed by atoms with E-state index in [0.29, 0.717) is 5.92 Å². The third kappa shape index (κ3) is 5.25. The zero-order chi connectivity index (χ0) is 18.7. The second-order valence-electron chi connectivity index (χ2n) is 8.46. The molecule has 1 fully saturated rings. The summed E-state index contributed by atoms with van der Waals surface area (Å²) >= 11 is 0. The zero-order valence-electron chi connectivity index (χ0n) is 16.1. The largest absolute Gasteiger partial charge is 0.417 e. The summed E-state index contributed by atoms with van der Waals surface area (Å²) < 4.78 is 6.29. The Morgan fingerprint density at radius 3 is 2.44 bits per heavy atom. The summed E-state index contributed by atoms with van der Waals surface area (Å²) in [6, 6.07) is 3.28. The summed E-state index contributed by atoms with van der Waals surface area (Å²) in [5, 5.41) is 11.0. The molecule has 0 bridgehead atoms. The first-order valence-electron chi connectivity index (χ1n) is 9.09. The Kier molecular flexibility index (Phi) is 6.21. The van der Waals surface area contributed by atoms with Crippen LogP contribution in [-0.2, 0) is 4.43 Å². The summed E-state index contributed by atoms with van der Waals surface area (Å²) in [5.41, 5.74) is 0.0430. The molecule has 140 valence electrons. The van der Waals surface area contributed by atoms with Gasteiger partial charge in [0.25, 0.3) is 5.69 Å². The van der Waals surface area contributed by atoms with E-state index >= 15 is 0 Å². The van der Waals surface area contributed by atoms with E-state index < -0.39 is 13.2 Å². The van der Waals surface area contributed by atoms with E-state index in [4.69, 9.17) is 4.43 Å². The van der Waals surface area contributed by atoms with E-state index in [1.165, 1.54) is 12.3 Å². The van der Waals surface area contributed by atoms with Crippen molar-refractivity contribution < 1.29 is 9.35 Å². The molecule has 0 atom stereocenters. The molecule has 1 saturated heterocycles. The highest BCUT2D eigenvalue weighted by Crippen LogP contribution is 2.37. The fourth-order valence-corrected chi connectivity index (χ4v) is 3.88. The van der Waals surface area contributed by atoms with Gasteiger partial charge >= 0.3 is 0 Å². The second-order valence-corrected chi connectivity index (χ2v) is 13.3. The Balaban J connectivity index is 1.77. The molecule has 2 heterocycles. The van der Waals surface area contributed by atoms with Crippen molar-refractivity contribution in [3.05, 3.63) is 28.4 Å². The molecule has 25 heavy (non-hydrogen) atoms. The summed E-state index contributed by atoms with van der Waals surface area (Å²) in [6.45, 7) is 14.2. The van der Waals surface area contributed by atoms with Gasteiger partial charge in [-0.2, -0.15) is 0 Å². The van der Waals surface area contributed by atoms with E-state index in [2.05, 4.69) is 43.7 Å². The molecule has 6 nitrogen and oxygen atoms in total. The molecule has 0 radical (unpaired) electrons.